The van der Waals surface area contributed by atoms with E-state index in [2.05, 4.69) is 17.6 Å². The number of rotatable bonds is 12. The molecule has 0 saturated heterocycles. The Kier molecular flexibility index (Phi) is 11.4. The summed E-state index contributed by atoms with van der Waals surface area (Å²) in [6, 6.07) is 10.8. The second kappa shape index (κ2) is 14.2. The molecule has 0 fully saturated rings. The Morgan fingerprint density at radius 1 is 0.853 bits per heavy atom. The maximum absolute atomic E-state index is 12.1. The van der Waals surface area contributed by atoms with Crippen molar-refractivity contribution in [1.29, 1.82) is 0 Å². The molecule has 2 N–H and O–H groups in total. The molecule has 2 aromatic carbocycles. The van der Waals surface area contributed by atoms with Gasteiger partial charge in [-0.3, -0.25) is 14.4 Å². The Morgan fingerprint density at radius 3 is 2.26 bits per heavy atom. The number of carbonyl (C=O) groups is 4. The summed E-state index contributed by atoms with van der Waals surface area (Å²) in [6.07, 6.45) is 2.52. The summed E-state index contributed by atoms with van der Waals surface area (Å²) in [5, 5.41) is 5.80. The smallest absolute Gasteiger partial charge is 0.338 e. The van der Waals surface area contributed by atoms with E-state index in [1.165, 1.54) is 12.1 Å². The van der Waals surface area contributed by atoms with E-state index >= 15 is 0 Å². The Morgan fingerprint density at radius 2 is 1.59 bits per heavy atom. The molecule has 0 unspecified atom stereocenters. The minimum atomic E-state index is -0.700. The lowest BCUT2D eigenvalue weighted by molar-refractivity contribution is -0.147. The molecule has 10 heteroatoms. The van der Waals surface area contributed by atoms with Gasteiger partial charge in [-0.05, 0) is 48.9 Å². The number of nitrogens with one attached hydrogen (secondary N) is 2. The van der Waals surface area contributed by atoms with Crippen molar-refractivity contribution in [3.63, 3.8) is 0 Å². The molecule has 0 saturated carbocycles. The molecule has 2 amide bonds. The average molecular weight is 509 g/mol. The fourth-order valence-electron chi connectivity index (χ4n) is 2.72. The molecule has 0 radical (unpaired) electrons. The van der Waals surface area contributed by atoms with E-state index in [-0.39, 0.29) is 17.9 Å². The summed E-state index contributed by atoms with van der Waals surface area (Å²) in [5.41, 5.74) is 1.19. The normalized spacial score (nSPS) is 10.3. The zero-order valence-electron chi connectivity index (χ0n) is 18.7. The fraction of sp³-hybridized carbons (Fsp3) is 0.333. The van der Waals surface area contributed by atoms with E-state index in [4.69, 9.17) is 32.7 Å². The highest BCUT2D eigenvalue weighted by Gasteiger charge is 2.13. The molecule has 8 nitrogen and oxygen atoms in total. The van der Waals surface area contributed by atoms with Crippen LogP contribution in [0.2, 0.25) is 10.0 Å². The van der Waals surface area contributed by atoms with Gasteiger partial charge in [-0.25, -0.2) is 4.79 Å². The van der Waals surface area contributed by atoms with Crippen LogP contribution in [0.3, 0.4) is 0 Å². The Bertz CT molecular complexity index is 1010. The number of halogens is 2. The van der Waals surface area contributed by atoms with Crippen molar-refractivity contribution in [3.05, 3.63) is 58.1 Å². The second-order valence-corrected chi connectivity index (χ2v) is 8.15. The van der Waals surface area contributed by atoms with E-state index in [1.807, 2.05) is 0 Å². The van der Waals surface area contributed by atoms with Crippen LogP contribution in [-0.4, -0.2) is 37.0 Å². The van der Waals surface area contributed by atoms with Crippen LogP contribution < -0.4 is 10.6 Å². The number of carbonyl (C=O) groups excluding carboxylic acids is 4. The Labute approximate surface area is 207 Å². The first-order chi connectivity index (χ1) is 16.3. The first kappa shape index (κ1) is 27.1. The van der Waals surface area contributed by atoms with Crippen molar-refractivity contribution in [2.24, 2.45) is 0 Å². The van der Waals surface area contributed by atoms with Crippen molar-refractivity contribution in [1.82, 2.24) is 0 Å². The van der Waals surface area contributed by atoms with Gasteiger partial charge in [0.1, 0.15) is 0 Å². The lowest BCUT2D eigenvalue weighted by Crippen LogP contribution is -2.22. The third-order valence-corrected chi connectivity index (χ3v) is 5.06. The van der Waals surface area contributed by atoms with Gasteiger partial charge < -0.3 is 20.1 Å². The van der Waals surface area contributed by atoms with Crippen LogP contribution in [0.25, 0.3) is 0 Å². The summed E-state index contributed by atoms with van der Waals surface area (Å²) in [4.78, 5) is 47.8. The topological polar surface area (TPSA) is 111 Å². The number of benzene rings is 2. The van der Waals surface area contributed by atoms with E-state index in [1.54, 1.807) is 30.3 Å². The minimum Gasteiger partial charge on any atom is -0.462 e. The highest BCUT2D eigenvalue weighted by atomic mass is 35.5. The lowest BCUT2D eigenvalue weighted by Gasteiger charge is -2.09. The lowest BCUT2D eigenvalue weighted by atomic mass is 10.2. The highest BCUT2D eigenvalue weighted by molar-refractivity contribution is 6.36. The quantitative estimate of drug-likeness (QED) is 0.299. The molecule has 182 valence electrons. The molecule has 0 aliphatic rings. The summed E-state index contributed by atoms with van der Waals surface area (Å²) in [5.74, 6) is -2.11. The highest BCUT2D eigenvalue weighted by Crippen LogP contribution is 2.25. The van der Waals surface area contributed by atoms with Crippen LogP contribution >= 0.6 is 23.2 Å². The number of hydrogen-bond acceptors (Lipinski definition) is 6. The van der Waals surface area contributed by atoms with Crippen LogP contribution in [0, 0.1) is 0 Å². The van der Waals surface area contributed by atoms with Crippen LogP contribution in [0.1, 0.15) is 49.4 Å². The molecule has 2 rings (SSSR count). The summed E-state index contributed by atoms with van der Waals surface area (Å²) >= 11 is 11.8. The third-order valence-electron chi connectivity index (χ3n) is 4.51. The number of amides is 2. The summed E-state index contributed by atoms with van der Waals surface area (Å²) in [6.45, 7) is 1.92. The number of unbranched alkanes of at least 4 members (excludes halogenated alkanes) is 2. The van der Waals surface area contributed by atoms with Crippen molar-refractivity contribution < 1.29 is 28.7 Å². The van der Waals surface area contributed by atoms with Gasteiger partial charge in [0.15, 0.2) is 6.61 Å². The first-order valence-corrected chi connectivity index (χ1v) is 11.5. The molecule has 2 aromatic rings. The van der Waals surface area contributed by atoms with Gasteiger partial charge in [-0.2, -0.15) is 0 Å². The van der Waals surface area contributed by atoms with Crippen LogP contribution in [-0.2, 0) is 23.9 Å². The molecule has 0 spiro atoms. The molecule has 0 aliphatic carbocycles. The molecule has 34 heavy (non-hydrogen) atoms. The Hall–Kier alpha value is -3.10. The predicted molar refractivity (Wildman–Crippen MR) is 130 cm³/mol. The molecular weight excluding hydrogens is 483 g/mol. The van der Waals surface area contributed by atoms with Gasteiger partial charge in [-0.1, -0.05) is 43.0 Å². The predicted octanol–water partition coefficient (Wildman–Crippen LogP) is 5.24. The summed E-state index contributed by atoms with van der Waals surface area (Å²) < 4.78 is 10.1. The molecule has 0 aromatic heterocycles. The summed E-state index contributed by atoms with van der Waals surface area (Å²) in [7, 11) is 0. The zero-order valence-corrected chi connectivity index (χ0v) is 20.2. The van der Waals surface area contributed by atoms with Gasteiger partial charge in [0, 0.05) is 17.1 Å². The zero-order chi connectivity index (χ0) is 24.9. The maximum atomic E-state index is 12.1. The van der Waals surface area contributed by atoms with E-state index in [9.17, 15) is 19.2 Å². The number of ether oxygens (including phenoxy) is 2. The molecule has 0 heterocycles. The van der Waals surface area contributed by atoms with Gasteiger partial charge in [0.2, 0.25) is 5.91 Å². The van der Waals surface area contributed by atoms with Crippen molar-refractivity contribution in [2.75, 3.05) is 23.8 Å². The largest absolute Gasteiger partial charge is 0.462 e. The molecular formula is C24H26Cl2N2O6. The van der Waals surface area contributed by atoms with Crippen LogP contribution in [0.5, 0.6) is 0 Å². The van der Waals surface area contributed by atoms with Gasteiger partial charge in [0.25, 0.3) is 5.91 Å². The SMILES string of the molecule is CCCCCOC(=O)c1ccc(NC(=O)CCC(=O)OCC(=O)Nc2ccc(Cl)cc2Cl)cc1. The fourth-order valence-corrected chi connectivity index (χ4v) is 3.18. The van der Waals surface area contributed by atoms with E-state index < -0.39 is 30.4 Å². The number of esters is 2. The average Bonchev–Trinajstić information content (AvgIpc) is 2.81. The van der Waals surface area contributed by atoms with Crippen LogP contribution in [0.4, 0.5) is 11.4 Å². The monoisotopic (exact) mass is 508 g/mol. The van der Waals surface area contributed by atoms with Crippen LogP contribution in [0.15, 0.2) is 42.5 Å². The van der Waals surface area contributed by atoms with E-state index in [0.29, 0.717) is 28.6 Å². The van der Waals surface area contributed by atoms with Crippen molar-refractivity contribution in [3.8, 4) is 0 Å². The first-order valence-electron chi connectivity index (χ1n) is 10.8. The third kappa shape index (κ3) is 9.80. The Balaban J connectivity index is 1.68. The maximum Gasteiger partial charge on any atom is 0.338 e. The minimum absolute atomic E-state index is 0.134. The van der Waals surface area contributed by atoms with Crippen molar-refractivity contribution in [2.45, 2.75) is 39.0 Å². The van der Waals surface area contributed by atoms with Crippen molar-refractivity contribution >= 4 is 58.3 Å². The second-order valence-electron chi connectivity index (χ2n) is 7.30. The standard InChI is InChI=1S/C24H26Cl2N2O6/c1-2-3-4-13-33-24(32)16-5-8-18(9-6-16)27-21(29)11-12-23(31)34-15-22(30)28-20-10-7-17(25)14-19(20)26/h5-10,14H,2-4,11-13,15H2,1H3,(H,27,29)(H,28,30). The molecule has 0 bridgehead atoms. The van der Waals surface area contributed by atoms with E-state index in [0.717, 1.165) is 19.3 Å². The van der Waals surface area contributed by atoms with Gasteiger partial charge >= 0.3 is 11.9 Å². The number of hydrogen-bond donors (Lipinski definition) is 2. The molecule has 0 atom stereocenters. The van der Waals surface area contributed by atoms with Gasteiger partial charge in [-0.15, -0.1) is 0 Å². The van der Waals surface area contributed by atoms with Gasteiger partial charge in [0.05, 0.1) is 29.3 Å². The number of anilines is 2. The molecule has 0 aliphatic heterocycles.